The summed E-state index contributed by atoms with van der Waals surface area (Å²) in [7, 11) is 0. The molecule has 1 unspecified atom stereocenters. The summed E-state index contributed by atoms with van der Waals surface area (Å²) in [6.45, 7) is 5.63. The van der Waals surface area contributed by atoms with E-state index in [2.05, 4.69) is 16.7 Å². The Hall–Kier alpha value is -1.06. The van der Waals surface area contributed by atoms with Crippen LogP contribution in [0.5, 0.6) is 0 Å². The predicted octanol–water partition coefficient (Wildman–Crippen LogP) is 2.61. The molecule has 88 valence electrons. The second-order valence-electron chi connectivity index (χ2n) is 3.46. The minimum Gasteiger partial charge on any atom is -0.247 e. The Bertz CT molecular complexity index is 201. The van der Waals surface area contributed by atoms with Crippen LogP contribution in [-0.2, 0) is 19.4 Å². The van der Waals surface area contributed by atoms with Gasteiger partial charge in [0.2, 0.25) is 0 Å². The second kappa shape index (κ2) is 8.26. The highest BCUT2D eigenvalue weighted by Gasteiger charge is 2.19. The van der Waals surface area contributed by atoms with Crippen molar-refractivity contribution in [3.63, 3.8) is 0 Å². The van der Waals surface area contributed by atoms with Crippen LogP contribution in [0.15, 0.2) is 0 Å². The van der Waals surface area contributed by atoms with Crippen molar-refractivity contribution in [2.24, 2.45) is 5.92 Å². The Labute approximate surface area is 90.9 Å². The average Bonchev–Trinajstić information content (AvgIpc) is 2.26. The summed E-state index contributed by atoms with van der Waals surface area (Å²) in [4.78, 5) is 30.9. The van der Waals surface area contributed by atoms with E-state index in [4.69, 9.17) is 0 Å². The molecule has 0 saturated carbocycles. The normalized spacial score (nSPS) is 11.9. The van der Waals surface area contributed by atoms with Crippen LogP contribution < -0.4 is 0 Å². The lowest BCUT2D eigenvalue weighted by molar-refractivity contribution is -0.262. The lowest BCUT2D eigenvalue weighted by Crippen LogP contribution is -2.19. The average molecular weight is 216 g/mol. The van der Waals surface area contributed by atoms with Gasteiger partial charge in [-0.1, -0.05) is 33.6 Å². The largest absolute Gasteiger partial charge is 0.358 e. The molecule has 0 radical (unpaired) electrons. The van der Waals surface area contributed by atoms with Crippen molar-refractivity contribution in [1.29, 1.82) is 0 Å². The Balaban J connectivity index is 3.87. The Morgan fingerprint density at radius 1 is 1.13 bits per heavy atom. The maximum atomic E-state index is 11.4. The van der Waals surface area contributed by atoms with Crippen LogP contribution in [0.25, 0.3) is 0 Å². The number of carbonyl (C=O) groups excluding carboxylic acids is 2. The molecular weight excluding hydrogens is 196 g/mol. The molecule has 0 bridgehead atoms. The fraction of sp³-hybridized carbons (Fsp3) is 0.818. The number of rotatable bonds is 6. The fourth-order valence-corrected chi connectivity index (χ4v) is 1.15. The molecule has 0 aliphatic rings. The molecule has 0 aliphatic carbocycles. The van der Waals surface area contributed by atoms with Gasteiger partial charge in [-0.3, -0.25) is 0 Å². The molecule has 4 heteroatoms. The lowest BCUT2D eigenvalue weighted by atomic mass is 10.00. The van der Waals surface area contributed by atoms with E-state index in [1.807, 2.05) is 6.92 Å². The molecule has 0 rings (SSSR count). The lowest BCUT2D eigenvalue weighted by Gasteiger charge is -2.11. The number of unbranched alkanes of at least 4 members (excludes halogenated alkanes) is 1. The fourth-order valence-electron chi connectivity index (χ4n) is 1.15. The van der Waals surface area contributed by atoms with Crippen LogP contribution in [0.2, 0.25) is 0 Å². The van der Waals surface area contributed by atoms with E-state index in [0.29, 0.717) is 6.42 Å². The summed E-state index contributed by atoms with van der Waals surface area (Å²) in [6.07, 6.45) is 3.73. The summed E-state index contributed by atoms with van der Waals surface area (Å²) in [5.74, 6) is -1.11. The number of hydrogen-bond donors (Lipinski definition) is 0. The first-order valence-electron chi connectivity index (χ1n) is 5.56. The van der Waals surface area contributed by atoms with E-state index in [1.54, 1.807) is 6.92 Å². The van der Waals surface area contributed by atoms with Crippen LogP contribution in [0.3, 0.4) is 0 Å². The van der Waals surface area contributed by atoms with Gasteiger partial charge in [-0.15, -0.1) is 0 Å². The topological polar surface area (TPSA) is 52.6 Å². The quantitative estimate of drug-likeness (QED) is 0.506. The zero-order valence-electron chi connectivity index (χ0n) is 9.75. The summed E-state index contributed by atoms with van der Waals surface area (Å²) in [5, 5.41) is 0. The molecule has 0 aromatic rings. The van der Waals surface area contributed by atoms with E-state index in [0.717, 1.165) is 19.3 Å². The predicted molar refractivity (Wildman–Crippen MR) is 55.8 cm³/mol. The molecule has 0 aliphatic heterocycles. The minimum atomic E-state index is -0.520. The monoisotopic (exact) mass is 216 g/mol. The summed E-state index contributed by atoms with van der Waals surface area (Å²) in [5.41, 5.74) is 0. The van der Waals surface area contributed by atoms with E-state index in [9.17, 15) is 9.59 Å². The minimum absolute atomic E-state index is 0.158. The zero-order chi connectivity index (χ0) is 11.7. The van der Waals surface area contributed by atoms with E-state index < -0.39 is 11.9 Å². The summed E-state index contributed by atoms with van der Waals surface area (Å²) >= 11 is 0. The molecule has 0 fully saturated rings. The van der Waals surface area contributed by atoms with Gasteiger partial charge in [-0.25, -0.2) is 19.4 Å². The van der Waals surface area contributed by atoms with Gasteiger partial charge in [-0.2, -0.15) is 0 Å². The van der Waals surface area contributed by atoms with Crippen LogP contribution >= 0.6 is 0 Å². The molecule has 0 saturated heterocycles. The molecule has 4 nitrogen and oxygen atoms in total. The molecule has 0 heterocycles. The van der Waals surface area contributed by atoms with Crippen LogP contribution in [-0.4, -0.2) is 11.9 Å². The van der Waals surface area contributed by atoms with Crippen LogP contribution in [0.1, 0.15) is 52.9 Å². The van der Waals surface area contributed by atoms with Crippen LogP contribution in [0, 0.1) is 5.92 Å². The van der Waals surface area contributed by atoms with E-state index >= 15 is 0 Å². The van der Waals surface area contributed by atoms with Crippen molar-refractivity contribution in [1.82, 2.24) is 0 Å². The van der Waals surface area contributed by atoms with Gasteiger partial charge < -0.3 is 0 Å². The second-order valence-corrected chi connectivity index (χ2v) is 3.46. The molecule has 0 spiro atoms. The smallest absolute Gasteiger partial charge is 0.247 e. The van der Waals surface area contributed by atoms with Crippen molar-refractivity contribution >= 4 is 11.9 Å². The van der Waals surface area contributed by atoms with E-state index in [1.165, 1.54) is 0 Å². The molecule has 15 heavy (non-hydrogen) atoms. The van der Waals surface area contributed by atoms with Crippen molar-refractivity contribution in [2.45, 2.75) is 52.9 Å². The highest BCUT2D eigenvalue weighted by atomic mass is 17.2. The van der Waals surface area contributed by atoms with Gasteiger partial charge in [0.05, 0.1) is 5.92 Å². The third-order valence-electron chi connectivity index (χ3n) is 2.24. The highest BCUT2D eigenvalue weighted by Crippen LogP contribution is 2.14. The maximum Gasteiger partial charge on any atom is 0.358 e. The van der Waals surface area contributed by atoms with Gasteiger partial charge in [0, 0.05) is 6.42 Å². The van der Waals surface area contributed by atoms with Crippen LogP contribution in [0.4, 0.5) is 0 Å². The van der Waals surface area contributed by atoms with Crippen molar-refractivity contribution in [3.05, 3.63) is 0 Å². The van der Waals surface area contributed by atoms with Crippen molar-refractivity contribution in [3.8, 4) is 0 Å². The zero-order valence-corrected chi connectivity index (χ0v) is 9.75. The standard InChI is InChI=1S/C11H20O4/c1-4-7-8-9(5-2)11(13)15-14-10(12)6-3/h9H,4-8H2,1-3H3. The number of carbonyl (C=O) groups is 2. The molecule has 0 amide bonds. The molecule has 1 atom stereocenters. The third kappa shape index (κ3) is 6.10. The maximum absolute atomic E-state index is 11.4. The van der Waals surface area contributed by atoms with Crippen molar-refractivity contribution < 1.29 is 19.4 Å². The Morgan fingerprint density at radius 2 is 1.80 bits per heavy atom. The molecule has 0 aromatic carbocycles. The first kappa shape index (κ1) is 13.9. The van der Waals surface area contributed by atoms with Gasteiger partial charge in [-0.05, 0) is 12.8 Å². The molecular formula is C11H20O4. The van der Waals surface area contributed by atoms with Gasteiger partial charge in [0.25, 0.3) is 0 Å². The van der Waals surface area contributed by atoms with Gasteiger partial charge in [0.1, 0.15) is 0 Å². The first-order chi connectivity index (χ1) is 7.15. The Kier molecular flexibility index (Phi) is 7.68. The van der Waals surface area contributed by atoms with Crippen molar-refractivity contribution in [2.75, 3.05) is 0 Å². The SMILES string of the molecule is CCCCC(CC)C(=O)OOC(=O)CC. The number of hydrogen-bond acceptors (Lipinski definition) is 4. The van der Waals surface area contributed by atoms with Gasteiger partial charge in [0.15, 0.2) is 0 Å². The van der Waals surface area contributed by atoms with Gasteiger partial charge >= 0.3 is 11.9 Å². The Morgan fingerprint density at radius 3 is 2.27 bits per heavy atom. The highest BCUT2D eigenvalue weighted by molar-refractivity contribution is 5.74. The molecule has 0 aromatic heterocycles. The molecule has 0 N–H and O–H groups in total. The summed E-state index contributed by atoms with van der Waals surface area (Å²) in [6, 6.07) is 0. The summed E-state index contributed by atoms with van der Waals surface area (Å²) < 4.78 is 0. The third-order valence-corrected chi connectivity index (χ3v) is 2.24. The van der Waals surface area contributed by atoms with E-state index in [-0.39, 0.29) is 12.3 Å². The first-order valence-corrected chi connectivity index (χ1v) is 5.56.